The van der Waals surface area contributed by atoms with Gasteiger partial charge in [0.1, 0.15) is 12.4 Å². The first-order valence-electron chi connectivity index (χ1n) is 13.4. The highest BCUT2D eigenvalue weighted by Crippen LogP contribution is 2.28. The average molecular weight is 487 g/mol. The fraction of sp³-hybridized carbons (Fsp3) is 0.467. The second-order valence-electron chi connectivity index (χ2n) is 10.1. The maximum absolute atomic E-state index is 12.9. The Morgan fingerprint density at radius 1 is 1.06 bits per heavy atom. The molecule has 190 valence electrons. The summed E-state index contributed by atoms with van der Waals surface area (Å²) in [6.07, 6.45) is 4.00. The van der Waals surface area contributed by atoms with Crippen LogP contribution >= 0.6 is 0 Å². The van der Waals surface area contributed by atoms with Crippen molar-refractivity contribution in [1.82, 2.24) is 19.7 Å². The van der Waals surface area contributed by atoms with Crippen LogP contribution in [-0.4, -0.2) is 64.9 Å². The van der Waals surface area contributed by atoms with Gasteiger partial charge in [-0.15, -0.1) is 0 Å². The molecule has 6 nitrogen and oxygen atoms in total. The smallest absolute Gasteiger partial charge is 0.226 e. The van der Waals surface area contributed by atoms with Gasteiger partial charge in [0.25, 0.3) is 0 Å². The van der Waals surface area contributed by atoms with Crippen molar-refractivity contribution in [3.05, 3.63) is 71.4 Å². The zero-order valence-electron chi connectivity index (χ0n) is 21.7. The molecule has 2 aromatic carbocycles. The summed E-state index contributed by atoms with van der Waals surface area (Å²) in [5, 5.41) is 1.22. The van der Waals surface area contributed by atoms with Crippen molar-refractivity contribution in [2.45, 2.75) is 46.3 Å². The Morgan fingerprint density at radius 3 is 2.78 bits per heavy atom. The number of hydrogen-bond donors (Lipinski definition) is 0. The second kappa shape index (κ2) is 11.4. The molecule has 0 N–H and O–H groups in total. The molecule has 0 spiro atoms. The van der Waals surface area contributed by atoms with Gasteiger partial charge in [-0.05, 0) is 68.6 Å². The molecule has 3 heterocycles. The molecular formula is C30H38N4O2. The second-order valence-corrected chi connectivity index (χ2v) is 10.1. The molecule has 1 unspecified atom stereocenters. The lowest BCUT2D eigenvalue weighted by Crippen LogP contribution is -2.44. The molecule has 0 aliphatic carbocycles. The van der Waals surface area contributed by atoms with Gasteiger partial charge in [0.15, 0.2) is 0 Å². The number of para-hydroxylation sites is 1. The summed E-state index contributed by atoms with van der Waals surface area (Å²) in [5.41, 5.74) is 4.89. The summed E-state index contributed by atoms with van der Waals surface area (Å²) < 4.78 is 6.13. The topological polar surface area (TPSA) is 48.9 Å². The molecule has 0 saturated carbocycles. The van der Waals surface area contributed by atoms with Gasteiger partial charge in [-0.2, -0.15) is 0 Å². The minimum atomic E-state index is 0.119. The zero-order valence-corrected chi connectivity index (χ0v) is 21.7. The molecule has 1 amide bonds. The normalized spacial score (nSPS) is 18.9. The molecule has 2 aliphatic rings. The van der Waals surface area contributed by atoms with E-state index < -0.39 is 0 Å². The first-order chi connectivity index (χ1) is 17.6. The summed E-state index contributed by atoms with van der Waals surface area (Å²) in [4.78, 5) is 24.4. The number of pyridine rings is 1. The van der Waals surface area contributed by atoms with Gasteiger partial charge < -0.3 is 9.64 Å². The van der Waals surface area contributed by atoms with Gasteiger partial charge in [-0.1, -0.05) is 24.3 Å². The molecule has 0 radical (unpaired) electrons. The molecule has 1 saturated heterocycles. The lowest BCUT2D eigenvalue weighted by atomic mass is 9.95. The van der Waals surface area contributed by atoms with Crippen molar-refractivity contribution in [3.8, 4) is 5.75 Å². The van der Waals surface area contributed by atoms with Crippen molar-refractivity contribution < 1.29 is 9.53 Å². The molecule has 0 bridgehead atoms. The van der Waals surface area contributed by atoms with E-state index in [1.165, 1.54) is 22.1 Å². The number of hydrogen-bond acceptors (Lipinski definition) is 5. The van der Waals surface area contributed by atoms with Crippen LogP contribution in [0, 0.1) is 5.92 Å². The first-order valence-corrected chi connectivity index (χ1v) is 13.4. The van der Waals surface area contributed by atoms with Crippen LogP contribution in [0.5, 0.6) is 5.75 Å². The average Bonchev–Trinajstić information content (AvgIpc) is 3.11. The summed E-state index contributed by atoms with van der Waals surface area (Å²) in [5.74, 6) is 1.43. The lowest BCUT2D eigenvalue weighted by molar-refractivity contribution is -0.137. The molecule has 1 atom stereocenters. The highest BCUT2D eigenvalue weighted by Gasteiger charge is 2.28. The Hall–Kier alpha value is -2.96. The van der Waals surface area contributed by atoms with Crippen LogP contribution in [0.1, 0.15) is 43.4 Å². The summed E-state index contributed by atoms with van der Waals surface area (Å²) >= 11 is 0. The van der Waals surface area contributed by atoms with E-state index in [2.05, 4.69) is 71.1 Å². The lowest BCUT2D eigenvalue weighted by Gasteiger charge is -2.34. The molecule has 1 aromatic heterocycles. The van der Waals surface area contributed by atoms with Crippen LogP contribution in [0.3, 0.4) is 0 Å². The summed E-state index contributed by atoms with van der Waals surface area (Å²) in [6, 6.07) is 17.1. The fourth-order valence-electron chi connectivity index (χ4n) is 5.72. The van der Waals surface area contributed by atoms with Crippen molar-refractivity contribution in [2.75, 3.05) is 39.3 Å². The molecule has 5 rings (SSSR count). The van der Waals surface area contributed by atoms with Gasteiger partial charge >= 0.3 is 0 Å². The molecule has 2 aliphatic heterocycles. The number of benzene rings is 2. The highest BCUT2D eigenvalue weighted by atomic mass is 16.5. The van der Waals surface area contributed by atoms with E-state index in [0.29, 0.717) is 12.5 Å². The van der Waals surface area contributed by atoms with E-state index in [1.807, 2.05) is 17.2 Å². The van der Waals surface area contributed by atoms with E-state index in [0.717, 1.165) is 76.5 Å². The number of piperidine rings is 1. The monoisotopic (exact) mass is 486 g/mol. The van der Waals surface area contributed by atoms with Gasteiger partial charge in [-0.25, -0.2) is 0 Å². The number of ether oxygens (including phenoxy) is 1. The SMILES string of the molecule is CCN(CC)C(=O)C1CCCN(Cc2ccc3c(c2)CN(Cc2ccnc4ccccc24)CCO3)C1. The molecule has 6 heteroatoms. The number of rotatable bonds is 7. The van der Waals surface area contributed by atoms with E-state index in [4.69, 9.17) is 4.74 Å². The van der Waals surface area contributed by atoms with E-state index in [1.54, 1.807) is 0 Å². The number of aromatic nitrogens is 1. The Morgan fingerprint density at radius 2 is 1.92 bits per heavy atom. The predicted molar refractivity (Wildman–Crippen MR) is 144 cm³/mol. The minimum Gasteiger partial charge on any atom is -0.492 e. The standard InChI is InChI=1S/C30H38N4O2/c1-3-34(4-2)30(35)25-8-7-15-32(21-25)19-23-11-12-29-26(18-23)22-33(16-17-36-29)20-24-13-14-31-28-10-6-5-9-27(24)28/h5-6,9-14,18,25H,3-4,7-8,15-17,19-22H2,1-2H3. The Bertz CT molecular complexity index is 1190. The van der Waals surface area contributed by atoms with E-state index in [9.17, 15) is 4.79 Å². The van der Waals surface area contributed by atoms with Gasteiger partial charge in [0.2, 0.25) is 5.91 Å². The summed E-state index contributed by atoms with van der Waals surface area (Å²) in [6.45, 7) is 11.8. The van der Waals surface area contributed by atoms with Crippen LogP contribution in [0.15, 0.2) is 54.7 Å². The van der Waals surface area contributed by atoms with Crippen LogP contribution in [0.2, 0.25) is 0 Å². The van der Waals surface area contributed by atoms with Crippen LogP contribution in [-0.2, 0) is 24.4 Å². The molecule has 36 heavy (non-hydrogen) atoms. The molecular weight excluding hydrogens is 448 g/mol. The van der Waals surface area contributed by atoms with Crippen molar-refractivity contribution in [1.29, 1.82) is 0 Å². The molecule has 1 fully saturated rings. The molecule has 3 aromatic rings. The van der Waals surface area contributed by atoms with Crippen LogP contribution < -0.4 is 4.74 Å². The Balaban J connectivity index is 1.27. The predicted octanol–water partition coefficient (Wildman–Crippen LogP) is 4.71. The number of fused-ring (bicyclic) bond motifs is 2. The number of amides is 1. The zero-order chi connectivity index (χ0) is 24.9. The third-order valence-electron chi connectivity index (χ3n) is 7.65. The fourth-order valence-corrected chi connectivity index (χ4v) is 5.72. The van der Waals surface area contributed by atoms with Crippen LogP contribution in [0.4, 0.5) is 0 Å². The van der Waals surface area contributed by atoms with Gasteiger partial charge in [0.05, 0.1) is 11.4 Å². The van der Waals surface area contributed by atoms with E-state index >= 15 is 0 Å². The van der Waals surface area contributed by atoms with Gasteiger partial charge in [-0.3, -0.25) is 19.6 Å². The summed E-state index contributed by atoms with van der Waals surface area (Å²) in [7, 11) is 0. The van der Waals surface area contributed by atoms with Gasteiger partial charge in [0, 0.05) is 63.0 Å². The third-order valence-corrected chi connectivity index (χ3v) is 7.65. The van der Waals surface area contributed by atoms with Crippen LogP contribution in [0.25, 0.3) is 10.9 Å². The maximum Gasteiger partial charge on any atom is 0.226 e. The first kappa shape index (κ1) is 24.7. The quantitative estimate of drug-likeness (QED) is 0.484. The minimum absolute atomic E-state index is 0.119. The Kier molecular flexibility index (Phi) is 7.83. The largest absolute Gasteiger partial charge is 0.492 e. The van der Waals surface area contributed by atoms with Crippen molar-refractivity contribution in [3.63, 3.8) is 0 Å². The number of nitrogens with zero attached hydrogens (tertiary/aromatic N) is 4. The number of carbonyl (C=O) groups excluding carboxylic acids is 1. The number of likely N-dealkylation sites (tertiary alicyclic amines) is 1. The highest BCUT2D eigenvalue weighted by molar-refractivity contribution is 5.81. The van der Waals surface area contributed by atoms with Crippen molar-refractivity contribution >= 4 is 16.8 Å². The van der Waals surface area contributed by atoms with Crippen molar-refractivity contribution in [2.24, 2.45) is 5.92 Å². The Labute approximate surface area is 214 Å². The van der Waals surface area contributed by atoms with E-state index in [-0.39, 0.29) is 5.92 Å². The third kappa shape index (κ3) is 5.55. The number of carbonyl (C=O) groups is 1. The maximum atomic E-state index is 12.9.